The Morgan fingerprint density at radius 1 is 1.15 bits per heavy atom. The van der Waals surface area contributed by atoms with Crippen molar-refractivity contribution in [2.45, 2.75) is 89.8 Å². The largest absolute Gasteiger partial charge is 0.396 e. The summed E-state index contributed by atoms with van der Waals surface area (Å²) in [7, 11) is 0. The number of aliphatic hydroxyl groups excluding tert-OH is 1. The molecule has 0 saturated heterocycles. The van der Waals surface area contributed by atoms with Gasteiger partial charge in [-0.3, -0.25) is 9.69 Å². The lowest BCUT2D eigenvalue weighted by Gasteiger charge is -2.32. The molecule has 1 aromatic carbocycles. The minimum atomic E-state index is -0.699. The molecule has 1 saturated carbocycles. The molecule has 0 aromatic heterocycles. The second kappa shape index (κ2) is 12.7. The van der Waals surface area contributed by atoms with Crippen LogP contribution in [0.5, 0.6) is 0 Å². The number of rotatable bonds is 12. The van der Waals surface area contributed by atoms with Gasteiger partial charge in [-0.25, -0.2) is 9.79 Å². The zero-order valence-corrected chi connectivity index (χ0v) is 20.5. The highest BCUT2D eigenvalue weighted by Crippen LogP contribution is 2.39. The van der Waals surface area contributed by atoms with E-state index in [2.05, 4.69) is 17.6 Å². The molecule has 0 bridgehead atoms. The Morgan fingerprint density at radius 3 is 2.53 bits per heavy atom. The molecule has 1 aliphatic carbocycles. The third-order valence-corrected chi connectivity index (χ3v) is 6.98. The molecule has 8 nitrogen and oxygen atoms in total. The number of aliphatic imine (C=N–C) groups is 1. The van der Waals surface area contributed by atoms with Gasteiger partial charge in [0.15, 0.2) is 5.96 Å². The van der Waals surface area contributed by atoms with E-state index in [0.29, 0.717) is 37.9 Å². The average molecular weight is 472 g/mol. The quantitative estimate of drug-likeness (QED) is 0.349. The molecular weight excluding hydrogens is 430 g/mol. The van der Waals surface area contributed by atoms with E-state index in [1.54, 1.807) is 4.90 Å². The molecular formula is C26H41N5O3. The first-order valence-electron chi connectivity index (χ1n) is 12.8. The fraction of sp³-hybridized carbons (Fsp3) is 0.654. The van der Waals surface area contributed by atoms with Crippen molar-refractivity contribution in [2.24, 2.45) is 16.6 Å². The molecule has 188 valence electrons. The van der Waals surface area contributed by atoms with E-state index in [0.717, 1.165) is 36.8 Å². The van der Waals surface area contributed by atoms with Crippen LogP contribution in [-0.4, -0.2) is 46.6 Å². The zero-order valence-electron chi connectivity index (χ0n) is 20.5. The molecule has 0 spiro atoms. The maximum Gasteiger partial charge on any atom is 0.315 e. The first kappa shape index (κ1) is 26.0. The number of nitrogens with one attached hydrogen (secondary N) is 2. The third-order valence-electron chi connectivity index (χ3n) is 6.98. The predicted octanol–water partition coefficient (Wildman–Crippen LogP) is 3.42. The second-order valence-corrected chi connectivity index (χ2v) is 9.71. The van der Waals surface area contributed by atoms with Crippen molar-refractivity contribution in [1.29, 1.82) is 0 Å². The average Bonchev–Trinajstić information content (AvgIpc) is 3.07. The molecule has 1 aliphatic heterocycles. The van der Waals surface area contributed by atoms with Crippen molar-refractivity contribution in [1.82, 2.24) is 15.5 Å². The standard InChI is InChI=1S/C26H41N5O3/c1-2-3-14-26(17-20-8-5-4-6-9-20)23(33)31(24(27)30-26)19-22-12-10-21(11-13-22)18-29-25(34)28-15-7-16-32/h10-13,20,32H,2-9,14-19H2,1H3,(H2,27,30)(H2,28,29,34). The summed E-state index contributed by atoms with van der Waals surface area (Å²) in [5, 5.41) is 14.3. The predicted molar refractivity (Wildman–Crippen MR) is 134 cm³/mol. The van der Waals surface area contributed by atoms with Gasteiger partial charge >= 0.3 is 6.03 Å². The summed E-state index contributed by atoms with van der Waals surface area (Å²) in [4.78, 5) is 31.9. The number of amides is 3. The van der Waals surface area contributed by atoms with E-state index >= 15 is 0 Å². The van der Waals surface area contributed by atoms with Crippen molar-refractivity contribution < 1.29 is 14.7 Å². The number of unbranched alkanes of at least 4 members (excludes halogenated alkanes) is 1. The minimum absolute atomic E-state index is 0.0503. The number of guanidine groups is 1. The van der Waals surface area contributed by atoms with Crippen LogP contribution in [0.4, 0.5) is 4.79 Å². The van der Waals surface area contributed by atoms with Gasteiger partial charge in [0.05, 0.1) is 6.54 Å². The van der Waals surface area contributed by atoms with Crippen LogP contribution in [0.1, 0.15) is 82.3 Å². The molecule has 0 radical (unpaired) electrons. The van der Waals surface area contributed by atoms with Crippen LogP contribution in [0.25, 0.3) is 0 Å². The Bertz CT molecular complexity index is 835. The molecule has 1 heterocycles. The summed E-state index contributed by atoms with van der Waals surface area (Å²) in [6.07, 6.45) is 10.3. The Hall–Kier alpha value is -2.61. The van der Waals surface area contributed by atoms with Gasteiger partial charge in [-0.2, -0.15) is 0 Å². The maximum absolute atomic E-state index is 13.6. The number of carbonyl (C=O) groups is 2. The number of nitrogens with two attached hydrogens (primary N) is 1. The molecule has 5 N–H and O–H groups in total. The SMILES string of the molecule is CCCCC1(CC2CCCCC2)N=C(N)N(Cc2ccc(CNC(=O)NCCCO)cc2)C1=O. The first-order valence-corrected chi connectivity index (χ1v) is 12.8. The van der Waals surface area contributed by atoms with Crippen LogP contribution in [0.2, 0.25) is 0 Å². The van der Waals surface area contributed by atoms with Gasteiger partial charge < -0.3 is 21.5 Å². The molecule has 1 fully saturated rings. The van der Waals surface area contributed by atoms with Crippen LogP contribution in [0, 0.1) is 5.92 Å². The van der Waals surface area contributed by atoms with Crippen LogP contribution in [0.15, 0.2) is 29.3 Å². The van der Waals surface area contributed by atoms with E-state index in [4.69, 9.17) is 15.8 Å². The van der Waals surface area contributed by atoms with Crippen molar-refractivity contribution in [3.8, 4) is 0 Å². The van der Waals surface area contributed by atoms with Crippen molar-refractivity contribution >= 4 is 17.9 Å². The fourth-order valence-corrected chi connectivity index (χ4v) is 5.04. The summed E-state index contributed by atoms with van der Waals surface area (Å²) < 4.78 is 0. The van der Waals surface area contributed by atoms with Crippen molar-refractivity contribution in [3.05, 3.63) is 35.4 Å². The Labute approximate surface area is 203 Å². The summed E-state index contributed by atoms with van der Waals surface area (Å²) in [5.74, 6) is 0.940. The van der Waals surface area contributed by atoms with Gasteiger partial charge in [-0.05, 0) is 36.3 Å². The Morgan fingerprint density at radius 2 is 1.85 bits per heavy atom. The highest BCUT2D eigenvalue weighted by molar-refractivity contribution is 6.06. The number of carbonyl (C=O) groups excluding carboxylic acids is 2. The molecule has 2 aliphatic rings. The molecule has 1 aromatic rings. The van der Waals surface area contributed by atoms with E-state index < -0.39 is 5.54 Å². The zero-order chi connectivity index (χ0) is 24.4. The normalized spacial score (nSPS) is 20.9. The highest BCUT2D eigenvalue weighted by Gasteiger charge is 2.48. The maximum atomic E-state index is 13.6. The number of aliphatic hydroxyl groups is 1. The lowest BCUT2D eigenvalue weighted by molar-refractivity contribution is -0.132. The molecule has 3 amide bonds. The molecule has 3 rings (SSSR count). The number of nitrogens with zero attached hydrogens (tertiary/aromatic N) is 2. The van der Waals surface area contributed by atoms with Gasteiger partial charge in [0.25, 0.3) is 5.91 Å². The fourth-order valence-electron chi connectivity index (χ4n) is 5.04. The number of benzene rings is 1. The lowest BCUT2D eigenvalue weighted by atomic mass is 9.77. The summed E-state index contributed by atoms with van der Waals surface area (Å²) in [6, 6.07) is 7.57. The summed E-state index contributed by atoms with van der Waals surface area (Å²) >= 11 is 0. The molecule has 34 heavy (non-hydrogen) atoms. The number of hydrogen-bond acceptors (Lipinski definition) is 5. The molecule has 1 atom stereocenters. The topological polar surface area (TPSA) is 120 Å². The van der Waals surface area contributed by atoms with Crippen molar-refractivity contribution in [3.63, 3.8) is 0 Å². The van der Waals surface area contributed by atoms with Crippen LogP contribution in [0.3, 0.4) is 0 Å². The van der Waals surface area contributed by atoms with Gasteiger partial charge in [0.1, 0.15) is 5.54 Å². The van der Waals surface area contributed by atoms with Gasteiger partial charge in [0.2, 0.25) is 0 Å². The Kier molecular flexibility index (Phi) is 9.74. The molecule has 8 heteroatoms. The first-order chi connectivity index (χ1) is 16.5. The van der Waals surface area contributed by atoms with Gasteiger partial charge in [0, 0.05) is 19.7 Å². The minimum Gasteiger partial charge on any atom is -0.396 e. The lowest BCUT2D eigenvalue weighted by Crippen LogP contribution is -2.45. The van der Waals surface area contributed by atoms with Crippen molar-refractivity contribution in [2.75, 3.05) is 13.2 Å². The summed E-state index contributed by atoms with van der Waals surface area (Å²) in [5.41, 5.74) is 7.56. The number of urea groups is 1. The van der Waals surface area contributed by atoms with E-state index in [1.807, 2.05) is 24.3 Å². The number of hydrogen-bond donors (Lipinski definition) is 4. The van der Waals surface area contributed by atoms with Gasteiger partial charge in [-0.15, -0.1) is 0 Å². The monoisotopic (exact) mass is 471 g/mol. The van der Waals surface area contributed by atoms with E-state index in [-0.39, 0.29) is 18.5 Å². The third kappa shape index (κ3) is 6.95. The molecule has 1 unspecified atom stereocenters. The highest BCUT2D eigenvalue weighted by atomic mass is 16.3. The van der Waals surface area contributed by atoms with Crippen LogP contribution < -0.4 is 16.4 Å². The summed E-state index contributed by atoms with van der Waals surface area (Å²) in [6.45, 7) is 3.44. The van der Waals surface area contributed by atoms with Crippen LogP contribution >= 0.6 is 0 Å². The van der Waals surface area contributed by atoms with Gasteiger partial charge in [-0.1, -0.05) is 76.1 Å². The van der Waals surface area contributed by atoms with Crippen LogP contribution in [-0.2, 0) is 17.9 Å². The smallest absolute Gasteiger partial charge is 0.315 e. The Balaban J connectivity index is 1.59. The van der Waals surface area contributed by atoms with E-state index in [1.165, 1.54) is 32.1 Å². The van der Waals surface area contributed by atoms with E-state index in [9.17, 15) is 9.59 Å². The second-order valence-electron chi connectivity index (χ2n) is 9.71.